The van der Waals surface area contributed by atoms with Crippen LogP contribution in [0.3, 0.4) is 0 Å². The molecular formula is C13H15ClN2O. The normalized spacial score (nSPS) is 9.71. The molecule has 2 N–H and O–H groups in total. The van der Waals surface area contributed by atoms with Crippen molar-refractivity contribution < 1.29 is 4.79 Å². The maximum atomic E-state index is 12.1. The molecule has 0 unspecified atom stereocenters. The van der Waals surface area contributed by atoms with Gasteiger partial charge in [-0.1, -0.05) is 23.8 Å². The SMILES string of the molecule is C=CCN(CC=C)C(=O)c1ccc(Cl)c(N)c1. The summed E-state index contributed by atoms with van der Waals surface area (Å²) in [4.78, 5) is 13.7. The van der Waals surface area contributed by atoms with Crippen LogP contribution in [0.5, 0.6) is 0 Å². The van der Waals surface area contributed by atoms with Crippen molar-refractivity contribution in [2.45, 2.75) is 0 Å². The minimum atomic E-state index is -0.117. The Bertz CT molecular complexity index is 433. The van der Waals surface area contributed by atoms with Crippen LogP contribution in [-0.4, -0.2) is 23.9 Å². The highest BCUT2D eigenvalue weighted by Crippen LogP contribution is 2.20. The van der Waals surface area contributed by atoms with E-state index in [1.54, 1.807) is 35.3 Å². The van der Waals surface area contributed by atoms with Crippen molar-refractivity contribution in [3.63, 3.8) is 0 Å². The van der Waals surface area contributed by atoms with Gasteiger partial charge in [0.1, 0.15) is 0 Å². The number of carbonyl (C=O) groups excluding carboxylic acids is 1. The van der Waals surface area contributed by atoms with Gasteiger partial charge in [-0.3, -0.25) is 4.79 Å². The Morgan fingerprint density at radius 3 is 2.41 bits per heavy atom. The smallest absolute Gasteiger partial charge is 0.254 e. The molecule has 1 amide bonds. The molecule has 1 rings (SSSR count). The van der Waals surface area contributed by atoms with Crippen molar-refractivity contribution in [2.24, 2.45) is 0 Å². The van der Waals surface area contributed by atoms with Crippen LogP contribution in [0.2, 0.25) is 5.02 Å². The van der Waals surface area contributed by atoms with E-state index in [-0.39, 0.29) is 5.91 Å². The molecule has 0 radical (unpaired) electrons. The van der Waals surface area contributed by atoms with Gasteiger partial charge < -0.3 is 10.6 Å². The molecule has 0 bridgehead atoms. The van der Waals surface area contributed by atoms with Crippen LogP contribution < -0.4 is 5.73 Å². The van der Waals surface area contributed by atoms with Crippen LogP contribution in [0.15, 0.2) is 43.5 Å². The number of hydrogen-bond donors (Lipinski definition) is 1. The average Bonchev–Trinajstić information content (AvgIpc) is 2.31. The van der Waals surface area contributed by atoms with Crippen molar-refractivity contribution in [1.82, 2.24) is 4.90 Å². The molecule has 1 aromatic carbocycles. The second kappa shape index (κ2) is 6.11. The fraction of sp³-hybridized carbons (Fsp3) is 0.154. The van der Waals surface area contributed by atoms with E-state index in [1.165, 1.54) is 0 Å². The highest BCUT2D eigenvalue weighted by molar-refractivity contribution is 6.33. The van der Waals surface area contributed by atoms with Crippen LogP contribution in [0.4, 0.5) is 5.69 Å². The van der Waals surface area contributed by atoms with Crippen LogP contribution in [0.25, 0.3) is 0 Å². The van der Waals surface area contributed by atoms with Gasteiger partial charge in [0.25, 0.3) is 5.91 Å². The van der Waals surface area contributed by atoms with E-state index >= 15 is 0 Å². The van der Waals surface area contributed by atoms with Gasteiger partial charge in [0, 0.05) is 18.7 Å². The van der Waals surface area contributed by atoms with E-state index in [2.05, 4.69) is 13.2 Å². The number of hydrogen-bond acceptors (Lipinski definition) is 2. The number of nitrogens with two attached hydrogens (primary N) is 1. The predicted octanol–water partition coefficient (Wildman–Crippen LogP) is 2.74. The number of rotatable bonds is 5. The molecule has 0 saturated heterocycles. The first-order valence-electron chi connectivity index (χ1n) is 5.16. The number of anilines is 1. The zero-order valence-corrected chi connectivity index (χ0v) is 10.3. The molecule has 0 aromatic heterocycles. The van der Waals surface area contributed by atoms with E-state index in [0.29, 0.717) is 29.4 Å². The van der Waals surface area contributed by atoms with Crippen molar-refractivity contribution in [2.75, 3.05) is 18.8 Å². The zero-order valence-electron chi connectivity index (χ0n) is 9.53. The van der Waals surface area contributed by atoms with Gasteiger partial charge in [-0.2, -0.15) is 0 Å². The number of nitrogen functional groups attached to an aromatic ring is 1. The molecule has 0 atom stereocenters. The summed E-state index contributed by atoms with van der Waals surface area (Å²) in [5, 5.41) is 0.445. The summed E-state index contributed by atoms with van der Waals surface area (Å²) in [6.07, 6.45) is 3.33. The second-order valence-electron chi connectivity index (χ2n) is 3.52. The highest BCUT2D eigenvalue weighted by atomic mass is 35.5. The molecule has 4 heteroatoms. The Labute approximate surface area is 106 Å². The van der Waals surface area contributed by atoms with E-state index in [1.807, 2.05) is 0 Å². The maximum Gasteiger partial charge on any atom is 0.254 e. The highest BCUT2D eigenvalue weighted by Gasteiger charge is 2.13. The number of carbonyl (C=O) groups is 1. The Kier molecular flexibility index (Phi) is 4.79. The molecular weight excluding hydrogens is 236 g/mol. The number of benzene rings is 1. The van der Waals surface area contributed by atoms with Crippen LogP contribution in [0.1, 0.15) is 10.4 Å². The van der Waals surface area contributed by atoms with Crippen LogP contribution >= 0.6 is 11.6 Å². The summed E-state index contributed by atoms with van der Waals surface area (Å²) in [6.45, 7) is 8.16. The summed E-state index contributed by atoms with van der Waals surface area (Å²) in [5.74, 6) is -0.117. The molecule has 0 heterocycles. The van der Waals surface area contributed by atoms with E-state index < -0.39 is 0 Å². The summed E-state index contributed by atoms with van der Waals surface area (Å²) in [6, 6.07) is 4.84. The molecule has 1 aromatic rings. The molecule has 0 saturated carbocycles. The first-order valence-corrected chi connectivity index (χ1v) is 5.54. The Hall–Kier alpha value is -1.74. The van der Waals surface area contributed by atoms with Crippen molar-refractivity contribution in [1.29, 1.82) is 0 Å². The van der Waals surface area contributed by atoms with Crippen molar-refractivity contribution in [3.8, 4) is 0 Å². The van der Waals surface area contributed by atoms with E-state index in [9.17, 15) is 4.79 Å². The minimum absolute atomic E-state index is 0.117. The molecule has 0 aliphatic heterocycles. The zero-order chi connectivity index (χ0) is 12.8. The maximum absolute atomic E-state index is 12.1. The fourth-order valence-corrected chi connectivity index (χ4v) is 1.53. The lowest BCUT2D eigenvalue weighted by Gasteiger charge is -2.19. The summed E-state index contributed by atoms with van der Waals surface area (Å²) in [7, 11) is 0. The third kappa shape index (κ3) is 3.36. The van der Waals surface area contributed by atoms with Gasteiger partial charge in [0.05, 0.1) is 10.7 Å². The monoisotopic (exact) mass is 250 g/mol. The third-order valence-corrected chi connectivity index (χ3v) is 2.57. The molecule has 3 nitrogen and oxygen atoms in total. The first kappa shape index (κ1) is 13.3. The van der Waals surface area contributed by atoms with Crippen LogP contribution in [0, 0.1) is 0 Å². The summed E-state index contributed by atoms with van der Waals surface area (Å²) in [5.41, 5.74) is 6.57. The molecule has 0 fully saturated rings. The second-order valence-corrected chi connectivity index (χ2v) is 3.93. The quantitative estimate of drug-likeness (QED) is 0.645. The third-order valence-electron chi connectivity index (χ3n) is 2.23. The number of halogens is 1. The molecule has 0 spiro atoms. The standard InChI is InChI=1S/C13H15ClN2O/c1-3-7-16(8-4-2)13(17)10-5-6-11(14)12(15)9-10/h3-6,9H,1-2,7-8,15H2. The molecule has 90 valence electrons. The van der Waals surface area contributed by atoms with Crippen LogP contribution in [-0.2, 0) is 0 Å². The lowest BCUT2D eigenvalue weighted by atomic mass is 10.1. The molecule has 0 aliphatic rings. The van der Waals surface area contributed by atoms with Crippen molar-refractivity contribution >= 4 is 23.2 Å². The van der Waals surface area contributed by atoms with Gasteiger partial charge in [-0.15, -0.1) is 13.2 Å². The molecule has 0 aliphatic carbocycles. The van der Waals surface area contributed by atoms with Gasteiger partial charge in [0.15, 0.2) is 0 Å². The van der Waals surface area contributed by atoms with E-state index in [0.717, 1.165) is 0 Å². The van der Waals surface area contributed by atoms with Gasteiger partial charge in [-0.25, -0.2) is 0 Å². The Morgan fingerprint density at radius 2 is 1.94 bits per heavy atom. The predicted molar refractivity (Wildman–Crippen MR) is 72.2 cm³/mol. The first-order chi connectivity index (χ1) is 8.10. The fourth-order valence-electron chi connectivity index (χ4n) is 1.41. The van der Waals surface area contributed by atoms with Gasteiger partial charge >= 0.3 is 0 Å². The lowest BCUT2D eigenvalue weighted by molar-refractivity contribution is 0.0791. The summed E-state index contributed by atoms with van der Waals surface area (Å²) < 4.78 is 0. The Balaban J connectivity index is 2.95. The average molecular weight is 251 g/mol. The number of amides is 1. The van der Waals surface area contributed by atoms with E-state index in [4.69, 9.17) is 17.3 Å². The summed E-state index contributed by atoms with van der Waals surface area (Å²) >= 11 is 5.80. The largest absolute Gasteiger partial charge is 0.398 e. The van der Waals surface area contributed by atoms with Gasteiger partial charge in [-0.05, 0) is 18.2 Å². The topological polar surface area (TPSA) is 46.3 Å². The lowest BCUT2D eigenvalue weighted by Crippen LogP contribution is -2.31. The van der Waals surface area contributed by atoms with Gasteiger partial charge in [0.2, 0.25) is 0 Å². The Morgan fingerprint density at radius 1 is 1.35 bits per heavy atom. The number of nitrogens with zero attached hydrogens (tertiary/aromatic N) is 1. The van der Waals surface area contributed by atoms with Crippen molar-refractivity contribution in [3.05, 3.63) is 54.1 Å². The minimum Gasteiger partial charge on any atom is -0.398 e. The molecule has 17 heavy (non-hydrogen) atoms.